The zero-order valence-electron chi connectivity index (χ0n) is 8.82. The lowest BCUT2D eigenvalue weighted by Gasteiger charge is -2.06. The minimum Gasteiger partial charge on any atom is -0.468 e. The molecule has 4 nitrogen and oxygen atoms in total. The number of rotatable bonds is 7. The number of hydrogen-bond donors (Lipinski definition) is 0. The molecule has 6 heteroatoms. The predicted octanol–water partition coefficient (Wildman–Crippen LogP) is 1.45. The molecule has 0 radical (unpaired) electrons. The second-order valence-electron chi connectivity index (χ2n) is 2.73. The van der Waals surface area contributed by atoms with E-state index < -0.39 is 11.3 Å². The average Bonchev–Trinajstić information content (AvgIpc) is 2.24. The minimum absolute atomic E-state index is 0.209. The largest absolute Gasteiger partial charge is 0.468 e. The number of methoxy groups -OCH3 is 1. The van der Waals surface area contributed by atoms with Gasteiger partial charge in [0.05, 0.1) is 19.5 Å². The van der Waals surface area contributed by atoms with Crippen molar-refractivity contribution in [2.24, 2.45) is 0 Å². The first-order chi connectivity index (χ1) is 7.11. The van der Waals surface area contributed by atoms with Crippen LogP contribution >= 0.6 is 23.4 Å². The predicted molar refractivity (Wildman–Crippen MR) is 60.2 cm³/mol. The minimum atomic E-state index is -0.709. The molecular weight excluding hydrogens is 240 g/mol. The van der Waals surface area contributed by atoms with Crippen molar-refractivity contribution in [2.45, 2.75) is 18.7 Å². The molecular formula is C9H15ClO4S. The summed E-state index contributed by atoms with van der Waals surface area (Å²) >= 11 is 6.93. The van der Waals surface area contributed by atoms with Crippen molar-refractivity contribution in [3.8, 4) is 0 Å². The molecule has 0 fully saturated rings. The van der Waals surface area contributed by atoms with Crippen LogP contribution in [0.1, 0.15) is 13.3 Å². The highest BCUT2D eigenvalue weighted by Gasteiger charge is 2.16. The lowest BCUT2D eigenvalue weighted by molar-refractivity contribution is -0.141. The van der Waals surface area contributed by atoms with Gasteiger partial charge in [-0.3, -0.25) is 9.59 Å². The van der Waals surface area contributed by atoms with Crippen LogP contribution < -0.4 is 0 Å². The summed E-state index contributed by atoms with van der Waals surface area (Å²) in [5, 5.41) is -0.709. The Balaban J connectivity index is 3.52. The van der Waals surface area contributed by atoms with Crippen molar-refractivity contribution < 1.29 is 19.1 Å². The summed E-state index contributed by atoms with van der Waals surface area (Å²) in [6, 6.07) is 0. The van der Waals surface area contributed by atoms with Crippen LogP contribution in [0.2, 0.25) is 0 Å². The SMILES string of the molecule is CCCOC(=O)CSCC(Cl)C(=O)OC. The summed E-state index contributed by atoms with van der Waals surface area (Å²) in [5.41, 5.74) is 0. The van der Waals surface area contributed by atoms with E-state index in [0.717, 1.165) is 6.42 Å². The van der Waals surface area contributed by atoms with Crippen molar-refractivity contribution >= 4 is 35.3 Å². The molecule has 0 saturated carbocycles. The molecule has 0 bridgehead atoms. The molecule has 0 aliphatic carbocycles. The topological polar surface area (TPSA) is 52.6 Å². The van der Waals surface area contributed by atoms with E-state index in [1.807, 2.05) is 6.92 Å². The third-order valence-corrected chi connectivity index (χ3v) is 2.93. The van der Waals surface area contributed by atoms with Crippen molar-refractivity contribution in [1.82, 2.24) is 0 Å². The summed E-state index contributed by atoms with van der Waals surface area (Å²) in [6.45, 7) is 2.35. The second-order valence-corrected chi connectivity index (χ2v) is 4.28. The second kappa shape index (κ2) is 8.85. The van der Waals surface area contributed by atoms with Gasteiger partial charge in [-0.2, -0.15) is 0 Å². The van der Waals surface area contributed by atoms with E-state index in [1.165, 1.54) is 18.9 Å². The van der Waals surface area contributed by atoms with Crippen LogP contribution in [-0.4, -0.2) is 42.5 Å². The first kappa shape index (κ1) is 14.6. The van der Waals surface area contributed by atoms with Crippen LogP contribution in [0, 0.1) is 0 Å². The molecule has 0 rings (SSSR count). The molecule has 15 heavy (non-hydrogen) atoms. The molecule has 1 unspecified atom stereocenters. The Kier molecular flexibility index (Phi) is 8.61. The van der Waals surface area contributed by atoms with Crippen LogP contribution in [0.25, 0.3) is 0 Å². The van der Waals surface area contributed by atoms with Gasteiger partial charge < -0.3 is 9.47 Å². The van der Waals surface area contributed by atoms with E-state index in [0.29, 0.717) is 12.4 Å². The Morgan fingerprint density at radius 1 is 1.47 bits per heavy atom. The van der Waals surface area contributed by atoms with E-state index in [2.05, 4.69) is 4.74 Å². The number of thioether (sulfide) groups is 1. The smallest absolute Gasteiger partial charge is 0.324 e. The van der Waals surface area contributed by atoms with Gasteiger partial charge in [0.2, 0.25) is 0 Å². The van der Waals surface area contributed by atoms with E-state index in [1.54, 1.807) is 0 Å². The molecule has 0 aliphatic heterocycles. The molecule has 0 aromatic carbocycles. The van der Waals surface area contributed by atoms with Crippen LogP contribution in [0.15, 0.2) is 0 Å². The van der Waals surface area contributed by atoms with Gasteiger partial charge in [-0.15, -0.1) is 23.4 Å². The number of alkyl halides is 1. The van der Waals surface area contributed by atoms with Gasteiger partial charge >= 0.3 is 11.9 Å². The molecule has 0 spiro atoms. The lowest BCUT2D eigenvalue weighted by atomic mass is 10.5. The van der Waals surface area contributed by atoms with E-state index in [-0.39, 0.29) is 11.7 Å². The normalized spacial score (nSPS) is 11.9. The Morgan fingerprint density at radius 2 is 2.13 bits per heavy atom. The average molecular weight is 255 g/mol. The van der Waals surface area contributed by atoms with E-state index in [4.69, 9.17) is 16.3 Å². The number of carbonyl (C=O) groups is 2. The van der Waals surface area contributed by atoms with Crippen molar-refractivity contribution in [2.75, 3.05) is 25.2 Å². The van der Waals surface area contributed by atoms with E-state index in [9.17, 15) is 9.59 Å². The van der Waals surface area contributed by atoms with Crippen LogP contribution in [0.3, 0.4) is 0 Å². The Morgan fingerprint density at radius 3 is 2.67 bits per heavy atom. The zero-order chi connectivity index (χ0) is 11.7. The highest BCUT2D eigenvalue weighted by atomic mass is 35.5. The molecule has 1 atom stereocenters. The van der Waals surface area contributed by atoms with Crippen molar-refractivity contribution in [1.29, 1.82) is 0 Å². The van der Waals surface area contributed by atoms with Crippen LogP contribution in [0.4, 0.5) is 0 Å². The van der Waals surface area contributed by atoms with Crippen molar-refractivity contribution in [3.05, 3.63) is 0 Å². The first-order valence-corrected chi connectivity index (χ1v) is 6.16. The standard InChI is InChI=1S/C9H15ClO4S/c1-3-4-14-8(11)6-15-5-7(10)9(12)13-2/h7H,3-6H2,1-2H3. The highest BCUT2D eigenvalue weighted by molar-refractivity contribution is 8.00. The molecule has 0 heterocycles. The molecule has 0 aromatic heterocycles. The van der Waals surface area contributed by atoms with Gasteiger partial charge in [0, 0.05) is 5.75 Å². The summed E-state index contributed by atoms with van der Waals surface area (Å²) in [5.74, 6) is -0.211. The molecule has 0 aromatic rings. The van der Waals surface area contributed by atoms with Gasteiger partial charge in [-0.05, 0) is 6.42 Å². The summed E-state index contributed by atoms with van der Waals surface area (Å²) in [4.78, 5) is 21.9. The van der Waals surface area contributed by atoms with Crippen LogP contribution in [-0.2, 0) is 19.1 Å². The number of halogens is 1. The van der Waals surface area contributed by atoms with Gasteiger partial charge in [0.25, 0.3) is 0 Å². The number of hydrogen-bond acceptors (Lipinski definition) is 5. The van der Waals surface area contributed by atoms with Crippen LogP contribution in [0.5, 0.6) is 0 Å². The number of esters is 2. The summed E-state index contributed by atoms with van der Waals surface area (Å²) in [6.07, 6.45) is 0.802. The molecule has 0 aliphatic rings. The summed E-state index contributed by atoms with van der Waals surface area (Å²) in [7, 11) is 1.28. The monoisotopic (exact) mass is 254 g/mol. The quantitative estimate of drug-likeness (QED) is 0.509. The molecule has 88 valence electrons. The molecule has 0 N–H and O–H groups in total. The molecule has 0 saturated heterocycles. The first-order valence-electron chi connectivity index (χ1n) is 4.57. The van der Waals surface area contributed by atoms with Gasteiger partial charge in [0.1, 0.15) is 5.38 Å². The number of carbonyl (C=O) groups excluding carboxylic acids is 2. The number of ether oxygens (including phenoxy) is 2. The van der Waals surface area contributed by atoms with Gasteiger partial charge in [-0.1, -0.05) is 6.92 Å². The fraction of sp³-hybridized carbons (Fsp3) is 0.778. The fourth-order valence-corrected chi connectivity index (χ4v) is 1.77. The maximum Gasteiger partial charge on any atom is 0.324 e. The Hall–Kier alpha value is -0.420. The fourth-order valence-electron chi connectivity index (χ4n) is 0.699. The third kappa shape index (κ3) is 7.50. The summed E-state index contributed by atoms with van der Waals surface area (Å²) < 4.78 is 9.27. The highest BCUT2D eigenvalue weighted by Crippen LogP contribution is 2.09. The lowest BCUT2D eigenvalue weighted by Crippen LogP contribution is -2.19. The maximum atomic E-state index is 11.0. The third-order valence-electron chi connectivity index (χ3n) is 1.41. The molecule has 0 amide bonds. The van der Waals surface area contributed by atoms with Gasteiger partial charge in [-0.25, -0.2) is 0 Å². The van der Waals surface area contributed by atoms with Crippen molar-refractivity contribution in [3.63, 3.8) is 0 Å². The van der Waals surface area contributed by atoms with Gasteiger partial charge in [0.15, 0.2) is 0 Å². The Labute approximate surface area is 98.6 Å². The Bertz CT molecular complexity index is 210. The van der Waals surface area contributed by atoms with E-state index >= 15 is 0 Å². The zero-order valence-corrected chi connectivity index (χ0v) is 10.4. The maximum absolute atomic E-state index is 11.0.